The van der Waals surface area contributed by atoms with Crippen LogP contribution in [0.5, 0.6) is 0 Å². The van der Waals surface area contributed by atoms with Crippen LogP contribution in [0, 0.1) is 5.92 Å². The van der Waals surface area contributed by atoms with Crippen LogP contribution in [-0.2, 0) is 27.2 Å². The lowest BCUT2D eigenvalue weighted by molar-refractivity contribution is -0.129. The van der Waals surface area contributed by atoms with E-state index in [1.54, 1.807) is 11.3 Å². The Morgan fingerprint density at radius 1 is 1.16 bits per heavy atom. The Kier molecular flexibility index (Phi) is 11.3. The minimum atomic E-state index is -0.733. The summed E-state index contributed by atoms with van der Waals surface area (Å²) in [6.45, 7) is 8.75. The fraction of sp³-hybridized carbons (Fsp3) is 0.586. The first-order valence-electron chi connectivity index (χ1n) is 13.8. The minimum absolute atomic E-state index is 0.146. The Hall–Kier alpha value is -2.78. The second kappa shape index (κ2) is 14.4. The van der Waals surface area contributed by atoms with Gasteiger partial charge in [0.05, 0.1) is 15.2 Å². The van der Waals surface area contributed by atoms with Crippen LogP contribution in [0.25, 0.3) is 10.2 Å². The van der Waals surface area contributed by atoms with Gasteiger partial charge in [-0.25, -0.2) is 4.98 Å². The van der Waals surface area contributed by atoms with Gasteiger partial charge in [-0.2, -0.15) is 0 Å². The number of benzene rings is 1. The number of fused-ring (bicyclic) bond motifs is 1. The molecule has 1 aromatic heterocycles. The molecule has 0 radical (unpaired) electrons. The quantitative estimate of drug-likeness (QED) is 0.317. The number of carbonyl (C=O) groups is 3. The van der Waals surface area contributed by atoms with Gasteiger partial charge in [0.1, 0.15) is 6.04 Å². The summed E-state index contributed by atoms with van der Waals surface area (Å²) in [7, 11) is 3.78. The fourth-order valence-corrected chi connectivity index (χ4v) is 6.04. The molecule has 8 nitrogen and oxygen atoms in total. The van der Waals surface area contributed by atoms with Gasteiger partial charge in [-0.05, 0) is 63.4 Å². The third-order valence-electron chi connectivity index (χ3n) is 7.02. The van der Waals surface area contributed by atoms with Crippen molar-refractivity contribution < 1.29 is 14.4 Å². The van der Waals surface area contributed by atoms with E-state index in [2.05, 4.69) is 41.6 Å². The van der Waals surface area contributed by atoms with Crippen molar-refractivity contribution in [2.45, 2.75) is 77.3 Å². The molecule has 1 aliphatic carbocycles. The van der Waals surface area contributed by atoms with Gasteiger partial charge in [0, 0.05) is 37.5 Å². The zero-order chi connectivity index (χ0) is 27.7. The fourth-order valence-electron chi connectivity index (χ4n) is 4.96. The third-order valence-corrected chi connectivity index (χ3v) is 8.06. The van der Waals surface area contributed by atoms with E-state index in [-0.39, 0.29) is 29.7 Å². The van der Waals surface area contributed by atoms with Gasteiger partial charge in [0.2, 0.25) is 17.7 Å². The summed E-state index contributed by atoms with van der Waals surface area (Å²) in [4.78, 5) is 45.4. The highest BCUT2D eigenvalue weighted by molar-refractivity contribution is 7.18. The Morgan fingerprint density at radius 2 is 1.89 bits per heavy atom. The minimum Gasteiger partial charge on any atom is -0.350 e. The van der Waals surface area contributed by atoms with Crippen molar-refractivity contribution >= 4 is 39.3 Å². The van der Waals surface area contributed by atoms with E-state index in [4.69, 9.17) is 4.98 Å². The van der Waals surface area contributed by atoms with Crippen molar-refractivity contribution in [3.8, 4) is 0 Å². The van der Waals surface area contributed by atoms with E-state index in [1.165, 1.54) is 5.56 Å². The van der Waals surface area contributed by atoms with Crippen molar-refractivity contribution in [1.82, 2.24) is 25.8 Å². The molecule has 0 aliphatic heterocycles. The Morgan fingerprint density at radius 3 is 2.55 bits per heavy atom. The molecule has 2 atom stereocenters. The summed E-state index contributed by atoms with van der Waals surface area (Å²) in [6, 6.07) is 5.29. The number of aryl methyl sites for hydroxylation is 1. The molecule has 38 heavy (non-hydrogen) atoms. The Balaban J connectivity index is 1.74. The molecule has 0 bridgehead atoms. The van der Waals surface area contributed by atoms with Crippen LogP contribution >= 0.6 is 11.3 Å². The monoisotopic (exact) mass is 541 g/mol. The largest absolute Gasteiger partial charge is 0.350 e. The van der Waals surface area contributed by atoms with Crippen molar-refractivity contribution in [3.05, 3.63) is 40.9 Å². The van der Waals surface area contributed by atoms with Gasteiger partial charge in [-0.15, -0.1) is 11.3 Å². The zero-order valence-corrected chi connectivity index (χ0v) is 24.1. The second-order valence-electron chi connectivity index (χ2n) is 10.5. The molecule has 1 aliphatic rings. The molecule has 1 fully saturated rings. The Bertz CT molecular complexity index is 1120. The van der Waals surface area contributed by atoms with Gasteiger partial charge in [-0.3, -0.25) is 14.4 Å². The second-order valence-corrected chi connectivity index (χ2v) is 11.7. The maximum atomic E-state index is 13.6. The van der Waals surface area contributed by atoms with Gasteiger partial charge < -0.3 is 20.9 Å². The smallest absolute Gasteiger partial charge is 0.247 e. The van der Waals surface area contributed by atoms with E-state index >= 15 is 0 Å². The molecule has 1 aromatic carbocycles. The maximum Gasteiger partial charge on any atom is 0.247 e. The van der Waals surface area contributed by atoms with Crippen LogP contribution in [0.4, 0.5) is 0 Å². The summed E-state index contributed by atoms with van der Waals surface area (Å²) in [6.07, 6.45) is 6.57. The molecule has 3 N–H and O–H groups in total. The molecule has 0 spiro atoms. The molecule has 1 saturated carbocycles. The van der Waals surface area contributed by atoms with E-state index in [0.29, 0.717) is 37.9 Å². The summed E-state index contributed by atoms with van der Waals surface area (Å²) in [5.41, 5.74) is 2.64. The van der Waals surface area contributed by atoms with Crippen LogP contribution in [-0.4, -0.2) is 66.9 Å². The van der Waals surface area contributed by atoms with Crippen molar-refractivity contribution in [2.24, 2.45) is 5.92 Å². The van der Waals surface area contributed by atoms with Gasteiger partial charge in [0.25, 0.3) is 0 Å². The standard InChI is InChI=1S/C29H43N5O3S/c1-6-10-26(35)31-23(16-27-32-22-14-13-20(7-2)15-25(22)38-27)29(37)33-24(21-11-8-9-12-21)17-30-28(36)19(3)18-34(4)5/h13-15,21,23-24H,3,6-12,16-18H2,1-2,4-5H3,(H,30,36)(H,31,35)(H,33,37)/t23-,24+/m0/s1. The van der Waals surface area contributed by atoms with Crippen LogP contribution in [0.2, 0.25) is 0 Å². The normalized spacial score (nSPS) is 15.4. The van der Waals surface area contributed by atoms with Gasteiger partial charge in [0.15, 0.2) is 0 Å². The van der Waals surface area contributed by atoms with Crippen molar-refractivity contribution in [1.29, 1.82) is 0 Å². The lowest BCUT2D eigenvalue weighted by atomic mass is 9.97. The van der Waals surface area contributed by atoms with Crippen LogP contribution < -0.4 is 16.0 Å². The van der Waals surface area contributed by atoms with E-state index in [9.17, 15) is 14.4 Å². The van der Waals surface area contributed by atoms with Gasteiger partial charge in [-0.1, -0.05) is 39.3 Å². The molecule has 0 saturated heterocycles. The predicted octanol–water partition coefficient (Wildman–Crippen LogP) is 3.60. The highest BCUT2D eigenvalue weighted by atomic mass is 32.1. The highest BCUT2D eigenvalue weighted by Gasteiger charge is 2.30. The van der Waals surface area contributed by atoms with E-state index in [1.807, 2.05) is 32.0 Å². The lowest BCUT2D eigenvalue weighted by Gasteiger charge is -2.28. The summed E-state index contributed by atoms with van der Waals surface area (Å²) < 4.78 is 1.09. The number of aromatic nitrogens is 1. The average Bonchev–Trinajstić information content (AvgIpc) is 3.54. The molecule has 3 amide bonds. The molecular weight excluding hydrogens is 498 g/mol. The number of rotatable bonds is 14. The van der Waals surface area contributed by atoms with Crippen LogP contribution in [0.3, 0.4) is 0 Å². The first-order chi connectivity index (χ1) is 18.2. The molecular formula is C29H43N5O3S. The number of thiazole rings is 1. The average molecular weight is 542 g/mol. The number of carbonyl (C=O) groups excluding carboxylic acids is 3. The van der Waals surface area contributed by atoms with Gasteiger partial charge >= 0.3 is 0 Å². The lowest BCUT2D eigenvalue weighted by Crippen LogP contribution is -2.55. The van der Waals surface area contributed by atoms with E-state index < -0.39 is 6.04 Å². The molecule has 208 valence electrons. The number of hydrogen-bond acceptors (Lipinski definition) is 6. The molecule has 0 unspecified atom stereocenters. The van der Waals surface area contributed by atoms with Crippen LogP contribution in [0.15, 0.2) is 30.4 Å². The third kappa shape index (κ3) is 8.63. The molecule has 3 rings (SSSR count). The number of hydrogen-bond donors (Lipinski definition) is 3. The highest BCUT2D eigenvalue weighted by Crippen LogP contribution is 2.28. The predicted molar refractivity (Wildman–Crippen MR) is 154 cm³/mol. The zero-order valence-electron chi connectivity index (χ0n) is 23.3. The summed E-state index contributed by atoms with van der Waals surface area (Å²) >= 11 is 1.57. The van der Waals surface area contributed by atoms with E-state index in [0.717, 1.165) is 47.3 Å². The first kappa shape index (κ1) is 29.8. The number of amides is 3. The SMILES string of the molecule is C=C(CN(C)C)C(=O)NC[C@@H](NC(=O)[C@H](Cc1nc2ccc(CC)cc2s1)NC(=O)CCC)C1CCCC1. The molecule has 1 heterocycles. The number of likely N-dealkylation sites (N-methyl/N-ethyl adjacent to an activating group) is 1. The molecule has 2 aromatic rings. The van der Waals surface area contributed by atoms with Crippen molar-refractivity contribution in [3.63, 3.8) is 0 Å². The Labute approximate surface area is 230 Å². The summed E-state index contributed by atoms with van der Waals surface area (Å²) in [5.74, 6) is -0.304. The molecule has 9 heteroatoms. The van der Waals surface area contributed by atoms with Crippen LogP contribution in [0.1, 0.15) is 62.9 Å². The van der Waals surface area contributed by atoms with Crippen molar-refractivity contribution in [2.75, 3.05) is 27.2 Å². The topological polar surface area (TPSA) is 103 Å². The summed E-state index contributed by atoms with van der Waals surface area (Å²) in [5, 5.41) is 9.91. The first-order valence-corrected chi connectivity index (χ1v) is 14.6. The maximum absolute atomic E-state index is 13.6. The number of nitrogens with one attached hydrogen (secondary N) is 3. The number of nitrogens with zero attached hydrogens (tertiary/aromatic N) is 2.